The number of anilines is 1. The lowest BCUT2D eigenvalue weighted by molar-refractivity contribution is 0.0618. The number of aromatic amines is 1. The van der Waals surface area contributed by atoms with Crippen molar-refractivity contribution in [1.82, 2.24) is 25.7 Å². The van der Waals surface area contributed by atoms with Crippen LogP contribution in [0.5, 0.6) is 0 Å². The molecule has 0 unspecified atom stereocenters. The Morgan fingerprint density at radius 2 is 2.07 bits per heavy atom. The summed E-state index contributed by atoms with van der Waals surface area (Å²) in [7, 11) is 0. The van der Waals surface area contributed by atoms with Gasteiger partial charge in [-0.3, -0.25) is 9.89 Å². The SMILES string of the molecule is C=C(C)NC(=O)Nc1ccc2[nH]nc(C(=O)N[C@H]3CN4CCC3CC4)c2c1. The first-order chi connectivity index (χ1) is 13.0. The molecule has 1 aromatic carbocycles. The normalized spacial score (nSPS) is 23.8. The maximum absolute atomic E-state index is 12.8. The molecule has 2 bridgehead atoms. The van der Waals surface area contributed by atoms with Crippen LogP contribution < -0.4 is 16.0 Å². The summed E-state index contributed by atoms with van der Waals surface area (Å²) >= 11 is 0. The number of carbonyl (C=O) groups excluding carboxylic acids is 2. The van der Waals surface area contributed by atoms with Crippen molar-refractivity contribution in [2.45, 2.75) is 25.8 Å². The number of hydrogen-bond donors (Lipinski definition) is 4. The number of fused-ring (bicyclic) bond motifs is 4. The molecule has 3 aliphatic heterocycles. The van der Waals surface area contributed by atoms with Gasteiger partial charge in [0.05, 0.1) is 5.52 Å². The lowest BCUT2D eigenvalue weighted by atomic mass is 9.84. The number of benzene rings is 1. The van der Waals surface area contributed by atoms with Crippen LogP contribution in [0, 0.1) is 5.92 Å². The van der Waals surface area contributed by atoms with Gasteiger partial charge in [-0.2, -0.15) is 5.10 Å². The summed E-state index contributed by atoms with van der Waals surface area (Å²) in [5.41, 5.74) is 2.24. The summed E-state index contributed by atoms with van der Waals surface area (Å²) in [6.07, 6.45) is 2.27. The van der Waals surface area contributed by atoms with Crippen LogP contribution in [0.3, 0.4) is 0 Å². The molecule has 3 aliphatic rings. The molecule has 8 nitrogen and oxygen atoms in total. The standard InChI is InChI=1S/C19H24N6O2/c1-11(2)20-19(27)21-13-3-4-15-14(9-13)17(24-23-15)18(26)22-16-10-25-7-5-12(16)6-8-25/h3-4,9,12,16H,1,5-8,10H2,2H3,(H,22,26)(H,23,24)(H2,20,21,27)/t16-/m0/s1. The van der Waals surface area contributed by atoms with Gasteiger partial charge in [0.2, 0.25) is 0 Å². The van der Waals surface area contributed by atoms with Crippen LogP contribution in [0.1, 0.15) is 30.3 Å². The fourth-order valence-corrected chi connectivity index (χ4v) is 3.99. The number of carbonyl (C=O) groups is 2. The van der Waals surface area contributed by atoms with E-state index >= 15 is 0 Å². The van der Waals surface area contributed by atoms with Crippen LogP contribution in [0.15, 0.2) is 30.5 Å². The number of allylic oxidation sites excluding steroid dienone is 1. The fraction of sp³-hybridized carbons (Fsp3) is 0.421. The number of hydrogen-bond acceptors (Lipinski definition) is 4. The van der Waals surface area contributed by atoms with E-state index in [9.17, 15) is 9.59 Å². The van der Waals surface area contributed by atoms with E-state index in [1.165, 1.54) is 0 Å². The Bertz CT molecular complexity index is 897. The average Bonchev–Trinajstić information content (AvgIpc) is 3.05. The van der Waals surface area contributed by atoms with Crippen molar-refractivity contribution < 1.29 is 9.59 Å². The summed E-state index contributed by atoms with van der Waals surface area (Å²) in [5.74, 6) is 0.371. The maximum Gasteiger partial charge on any atom is 0.323 e. The molecule has 1 atom stereocenters. The van der Waals surface area contributed by atoms with Gasteiger partial charge in [-0.25, -0.2) is 4.79 Å². The van der Waals surface area contributed by atoms with E-state index in [1.54, 1.807) is 25.1 Å². The first-order valence-electron chi connectivity index (χ1n) is 9.24. The quantitative estimate of drug-likeness (QED) is 0.663. The van der Waals surface area contributed by atoms with E-state index in [0.29, 0.717) is 28.4 Å². The monoisotopic (exact) mass is 368 g/mol. The van der Waals surface area contributed by atoms with E-state index in [-0.39, 0.29) is 18.0 Å². The number of rotatable bonds is 4. The molecule has 4 N–H and O–H groups in total. The van der Waals surface area contributed by atoms with Gasteiger partial charge in [0.25, 0.3) is 5.91 Å². The molecule has 3 amide bonds. The average molecular weight is 368 g/mol. The second kappa shape index (κ2) is 7.03. The third-order valence-electron chi connectivity index (χ3n) is 5.34. The highest BCUT2D eigenvalue weighted by atomic mass is 16.2. The van der Waals surface area contributed by atoms with Gasteiger partial charge < -0.3 is 20.9 Å². The van der Waals surface area contributed by atoms with Crippen LogP contribution in [-0.2, 0) is 0 Å². The Morgan fingerprint density at radius 3 is 2.74 bits per heavy atom. The van der Waals surface area contributed by atoms with E-state index < -0.39 is 0 Å². The third kappa shape index (κ3) is 3.66. The lowest BCUT2D eigenvalue weighted by Crippen LogP contribution is -2.57. The molecule has 4 heterocycles. The zero-order valence-corrected chi connectivity index (χ0v) is 15.3. The minimum Gasteiger partial charge on any atom is -0.346 e. The first kappa shape index (κ1) is 17.5. The summed E-state index contributed by atoms with van der Waals surface area (Å²) < 4.78 is 0. The zero-order valence-electron chi connectivity index (χ0n) is 15.3. The highest BCUT2D eigenvalue weighted by Gasteiger charge is 2.35. The molecule has 27 heavy (non-hydrogen) atoms. The summed E-state index contributed by atoms with van der Waals surface area (Å²) in [6.45, 7) is 8.51. The topological polar surface area (TPSA) is 102 Å². The van der Waals surface area contributed by atoms with Crippen molar-refractivity contribution in [3.8, 4) is 0 Å². The fourth-order valence-electron chi connectivity index (χ4n) is 3.99. The highest BCUT2D eigenvalue weighted by molar-refractivity contribution is 6.06. The van der Waals surface area contributed by atoms with Crippen LogP contribution in [0.4, 0.5) is 10.5 Å². The third-order valence-corrected chi connectivity index (χ3v) is 5.34. The molecule has 1 aromatic heterocycles. The smallest absolute Gasteiger partial charge is 0.323 e. The minimum atomic E-state index is -0.372. The van der Waals surface area contributed by atoms with Crippen molar-refractivity contribution in [2.24, 2.45) is 5.92 Å². The molecule has 0 radical (unpaired) electrons. The molecule has 0 spiro atoms. The van der Waals surface area contributed by atoms with Crippen molar-refractivity contribution in [3.05, 3.63) is 36.2 Å². The van der Waals surface area contributed by atoms with E-state index in [1.807, 2.05) is 0 Å². The Hall–Kier alpha value is -2.87. The second-order valence-corrected chi connectivity index (χ2v) is 7.41. The Morgan fingerprint density at radius 1 is 1.30 bits per heavy atom. The van der Waals surface area contributed by atoms with E-state index in [2.05, 4.69) is 37.6 Å². The van der Waals surface area contributed by atoms with Crippen molar-refractivity contribution in [1.29, 1.82) is 0 Å². The number of aromatic nitrogens is 2. The van der Waals surface area contributed by atoms with Gasteiger partial charge in [-0.1, -0.05) is 6.58 Å². The first-order valence-corrected chi connectivity index (χ1v) is 9.24. The molecule has 2 aromatic rings. The number of nitrogens with one attached hydrogen (secondary N) is 4. The zero-order chi connectivity index (χ0) is 19.0. The predicted octanol–water partition coefficient (Wildman–Crippen LogP) is 2.04. The summed E-state index contributed by atoms with van der Waals surface area (Å²) in [4.78, 5) is 27.1. The lowest BCUT2D eigenvalue weighted by Gasteiger charge is -2.44. The van der Waals surface area contributed by atoms with Crippen LogP contribution >= 0.6 is 0 Å². The van der Waals surface area contributed by atoms with Gasteiger partial charge in [0.1, 0.15) is 0 Å². The van der Waals surface area contributed by atoms with Gasteiger partial charge in [0.15, 0.2) is 5.69 Å². The Labute approximate surface area is 157 Å². The Balaban J connectivity index is 1.51. The summed E-state index contributed by atoms with van der Waals surface area (Å²) in [6, 6.07) is 5.11. The van der Waals surface area contributed by atoms with Gasteiger partial charge >= 0.3 is 6.03 Å². The predicted molar refractivity (Wildman–Crippen MR) is 103 cm³/mol. The second-order valence-electron chi connectivity index (χ2n) is 7.41. The molecule has 0 saturated carbocycles. The molecule has 3 saturated heterocycles. The molecule has 0 aliphatic carbocycles. The van der Waals surface area contributed by atoms with Gasteiger partial charge in [-0.15, -0.1) is 0 Å². The van der Waals surface area contributed by atoms with Crippen molar-refractivity contribution >= 4 is 28.5 Å². The molecule has 142 valence electrons. The molecule has 5 rings (SSSR count). The van der Waals surface area contributed by atoms with Crippen LogP contribution in [0.25, 0.3) is 10.9 Å². The van der Waals surface area contributed by atoms with Gasteiger partial charge in [-0.05, 0) is 57.0 Å². The van der Waals surface area contributed by atoms with E-state index in [0.717, 1.165) is 38.0 Å². The number of piperidine rings is 3. The molecular formula is C19H24N6O2. The van der Waals surface area contributed by atoms with E-state index in [4.69, 9.17) is 0 Å². The Kier molecular flexibility index (Phi) is 4.57. The minimum absolute atomic E-state index is 0.175. The van der Waals surface area contributed by atoms with Gasteiger partial charge in [0, 0.05) is 29.4 Å². The van der Waals surface area contributed by atoms with Crippen LogP contribution in [0.2, 0.25) is 0 Å². The number of H-pyrrole nitrogens is 1. The molecule has 3 fully saturated rings. The van der Waals surface area contributed by atoms with Crippen molar-refractivity contribution in [3.63, 3.8) is 0 Å². The maximum atomic E-state index is 12.8. The number of amides is 3. The van der Waals surface area contributed by atoms with Crippen molar-refractivity contribution in [2.75, 3.05) is 25.0 Å². The number of nitrogens with zero attached hydrogens (tertiary/aromatic N) is 2. The molecule has 8 heteroatoms. The molecular weight excluding hydrogens is 344 g/mol. The summed E-state index contributed by atoms with van der Waals surface area (Å²) in [5, 5.41) is 16.2. The largest absolute Gasteiger partial charge is 0.346 e. The number of urea groups is 1. The highest BCUT2D eigenvalue weighted by Crippen LogP contribution is 2.28. The van der Waals surface area contributed by atoms with Crippen LogP contribution in [-0.4, -0.2) is 52.7 Å².